The first-order valence-electron chi connectivity index (χ1n) is 8.43. The van der Waals surface area contributed by atoms with E-state index in [1.165, 1.54) is 5.69 Å². The number of anilines is 1. The Morgan fingerprint density at radius 2 is 1.92 bits per heavy atom. The fourth-order valence-electron chi connectivity index (χ4n) is 2.96. The van der Waals surface area contributed by atoms with Crippen LogP contribution in [0.15, 0.2) is 54.9 Å². The van der Waals surface area contributed by atoms with Gasteiger partial charge in [0.15, 0.2) is 0 Å². The number of ether oxygens (including phenoxy) is 1. The van der Waals surface area contributed by atoms with Gasteiger partial charge >= 0.3 is 0 Å². The van der Waals surface area contributed by atoms with E-state index in [0.29, 0.717) is 12.2 Å². The van der Waals surface area contributed by atoms with Gasteiger partial charge in [0, 0.05) is 37.7 Å². The molecule has 1 saturated heterocycles. The van der Waals surface area contributed by atoms with Crippen molar-refractivity contribution >= 4 is 17.2 Å². The Hall–Kier alpha value is -2.86. The van der Waals surface area contributed by atoms with Gasteiger partial charge in [-0.25, -0.2) is 4.98 Å². The highest BCUT2D eigenvalue weighted by Gasteiger charge is 2.12. The van der Waals surface area contributed by atoms with Crippen LogP contribution < -0.4 is 10.2 Å². The molecule has 0 aliphatic carbocycles. The molecule has 1 N–H and O–H groups in total. The van der Waals surface area contributed by atoms with Crippen molar-refractivity contribution in [2.75, 3.05) is 31.2 Å². The Labute approximate surface area is 146 Å². The van der Waals surface area contributed by atoms with E-state index in [-0.39, 0.29) is 5.91 Å². The summed E-state index contributed by atoms with van der Waals surface area (Å²) in [7, 11) is 0. The second kappa shape index (κ2) is 6.94. The van der Waals surface area contributed by atoms with Crippen LogP contribution in [0.3, 0.4) is 0 Å². The van der Waals surface area contributed by atoms with Gasteiger partial charge in [-0.2, -0.15) is 0 Å². The van der Waals surface area contributed by atoms with Crippen LogP contribution in [0.25, 0.3) is 5.65 Å². The third kappa shape index (κ3) is 3.49. The van der Waals surface area contributed by atoms with E-state index < -0.39 is 0 Å². The average molecular weight is 336 g/mol. The topological polar surface area (TPSA) is 58.9 Å². The summed E-state index contributed by atoms with van der Waals surface area (Å²) in [4.78, 5) is 18.9. The Morgan fingerprint density at radius 3 is 2.68 bits per heavy atom. The molecule has 0 saturated carbocycles. The number of nitrogens with one attached hydrogen (secondary N) is 1. The lowest BCUT2D eigenvalue weighted by molar-refractivity contribution is 0.0946. The highest BCUT2D eigenvalue weighted by molar-refractivity contribution is 5.92. The van der Waals surface area contributed by atoms with Crippen LogP contribution >= 0.6 is 0 Å². The fraction of sp³-hybridized carbons (Fsp3) is 0.263. The minimum atomic E-state index is -0.166. The molecular weight excluding hydrogens is 316 g/mol. The summed E-state index contributed by atoms with van der Waals surface area (Å²) in [5.74, 6) is -0.166. The summed E-state index contributed by atoms with van der Waals surface area (Å²) in [6.45, 7) is 3.87. The molecule has 1 aliphatic heterocycles. The van der Waals surface area contributed by atoms with Crippen LogP contribution in [0.1, 0.15) is 16.1 Å². The number of pyridine rings is 1. The van der Waals surface area contributed by atoms with Gasteiger partial charge in [0.2, 0.25) is 0 Å². The van der Waals surface area contributed by atoms with Crippen LogP contribution in [-0.2, 0) is 11.3 Å². The molecule has 3 aromatic rings. The Bertz CT molecular complexity index is 834. The van der Waals surface area contributed by atoms with Crippen LogP contribution in [0.5, 0.6) is 0 Å². The molecule has 0 bridgehead atoms. The van der Waals surface area contributed by atoms with Gasteiger partial charge in [0.05, 0.1) is 13.2 Å². The molecule has 6 heteroatoms. The molecule has 6 nitrogen and oxygen atoms in total. The van der Waals surface area contributed by atoms with Crippen molar-refractivity contribution in [3.05, 3.63) is 66.1 Å². The molecule has 0 spiro atoms. The van der Waals surface area contributed by atoms with E-state index in [4.69, 9.17) is 4.74 Å². The summed E-state index contributed by atoms with van der Waals surface area (Å²) in [5, 5.41) is 2.93. The summed E-state index contributed by atoms with van der Waals surface area (Å²) in [6.07, 6.45) is 3.62. The summed E-state index contributed by atoms with van der Waals surface area (Å²) in [5.41, 5.74) is 3.45. The van der Waals surface area contributed by atoms with Crippen molar-refractivity contribution in [3.8, 4) is 0 Å². The van der Waals surface area contributed by atoms with Crippen molar-refractivity contribution in [2.45, 2.75) is 6.54 Å². The zero-order valence-corrected chi connectivity index (χ0v) is 13.9. The second-order valence-electron chi connectivity index (χ2n) is 6.04. The number of carbonyl (C=O) groups is 1. The molecule has 0 radical (unpaired) electrons. The van der Waals surface area contributed by atoms with Gasteiger partial charge in [0.25, 0.3) is 5.91 Å². The molecule has 0 unspecified atom stereocenters. The maximum Gasteiger partial charge on any atom is 0.271 e. The van der Waals surface area contributed by atoms with Crippen molar-refractivity contribution in [2.24, 2.45) is 0 Å². The number of aromatic nitrogens is 2. The number of amides is 1. The third-order valence-corrected chi connectivity index (χ3v) is 4.36. The lowest BCUT2D eigenvalue weighted by atomic mass is 10.2. The van der Waals surface area contributed by atoms with Gasteiger partial charge in [-0.05, 0) is 29.8 Å². The Kier molecular flexibility index (Phi) is 4.35. The van der Waals surface area contributed by atoms with Crippen molar-refractivity contribution in [1.82, 2.24) is 14.7 Å². The van der Waals surface area contributed by atoms with Gasteiger partial charge in [-0.15, -0.1) is 0 Å². The molecule has 2 aromatic heterocycles. The SMILES string of the molecule is O=C(NCc1ccc(N2CCOCC2)cc1)c1cn2ccccc2n1. The highest BCUT2D eigenvalue weighted by atomic mass is 16.5. The number of nitrogens with zero attached hydrogens (tertiary/aromatic N) is 3. The molecule has 1 aliphatic rings. The van der Waals surface area contributed by atoms with Gasteiger partial charge in [-0.1, -0.05) is 18.2 Å². The van der Waals surface area contributed by atoms with Crippen LogP contribution in [0, 0.1) is 0 Å². The number of morpholine rings is 1. The number of hydrogen-bond acceptors (Lipinski definition) is 4. The van der Waals surface area contributed by atoms with Gasteiger partial charge < -0.3 is 19.4 Å². The van der Waals surface area contributed by atoms with Crippen molar-refractivity contribution in [1.29, 1.82) is 0 Å². The van der Waals surface area contributed by atoms with E-state index in [2.05, 4.69) is 39.5 Å². The zero-order chi connectivity index (χ0) is 17.1. The summed E-state index contributed by atoms with van der Waals surface area (Å²) in [6, 6.07) is 14.0. The quantitative estimate of drug-likeness (QED) is 0.793. The Balaban J connectivity index is 1.38. The number of carbonyl (C=O) groups excluding carboxylic acids is 1. The monoisotopic (exact) mass is 336 g/mol. The molecule has 25 heavy (non-hydrogen) atoms. The Morgan fingerprint density at radius 1 is 1.12 bits per heavy atom. The molecule has 0 atom stereocenters. The third-order valence-electron chi connectivity index (χ3n) is 4.36. The normalized spacial score (nSPS) is 14.6. The molecule has 4 rings (SSSR count). The summed E-state index contributed by atoms with van der Waals surface area (Å²) >= 11 is 0. The maximum absolute atomic E-state index is 12.3. The van der Waals surface area contributed by atoms with E-state index >= 15 is 0 Å². The number of benzene rings is 1. The molecular formula is C19H20N4O2. The molecule has 1 fully saturated rings. The second-order valence-corrected chi connectivity index (χ2v) is 6.04. The lowest BCUT2D eigenvalue weighted by Gasteiger charge is -2.28. The first kappa shape index (κ1) is 15.7. The smallest absolute Gasteiger partial charge is 0.271 e. The van der Waals surface area contributed by atoms with Crippen LogP contribution in [0.4, 0.5) is 5.69 Å². The standard InChI is InChI=1S/C19H20N4O2/c24-19(17-14-23-8-2-1-3-18(23)21-17)20-13-15-4-6-16(7-5-15)22-9-11-25-12-10-22/h1-8,14H,9-13H2,(H,20,24). The lowest BCUT2D eigenvalue weighted by Crippen LogP contribution is -2.36. The van der Waals surface area contributed by atoms with E-state index in [1.807, 2.05) is 28.8 Å². The van der Waals surface area contributed by atoms with Gasteiger partial charge in [-0.3, -0.25) is 4.79 Å². The first-order chi connectivity index (χ1) is 12.3. The van der Waals surface area contributed by atoms with Crippen LogP contribution in [-0.4, -0.2) is 41.6 Å². The average Bonchev–Trinajstić information content (AvgIpc) is 3.11. The zero-order valence-electron chi connectivity index (χ0n) is 13.9. The minimum absolute atomic E-state index is 0.166. The summed E-state index contributed by atoms with van der Waals surface area (Å²) < 4.78 is 7.22. The number of rotatable bonds is 4. The number of imidazole rings is 1. The minimum Gasteiger partial charge on any atom is -0.378 e. The van der Waals surface area contributed by atoms with Crippen LogP contribution in [0.2, 0.25) is 0 Å². The van der Waals surface area contributed by atoms with Crippen molar-refractivity contribution in [3.63, 3.8) is 0 Å². The van der Waals surface area contributed by atoms with Gasteiger partial charge in [0.1, 0.15) is 11.3 Å². The number of hydrogen-bond donors (Lipinski definition) is 1. The van der Waals surface area contributed by atoms with E-state index in [9.17, 15) is 4.79 Å². The van der Waals surface area contributed by atoms with E-state index in [0.717, 1.165) is 37.5 Å². The molecule has 1 aromatic carbocycles. The number of fused-ring (bicyclic) bond motifs is 1. The predicted molar refractivity (Wildman–Crippen MR) is 95.8 cm³/mol. The maximum atomic E-state index is 12.3. The molecule has 1 amide bonds. The predicted octanol–water partition coefficient (Wildman–Crippen LogP) is 2.10. The van der Waals surface area contributed by atoms with Crippen molar-refractivity contribution < 1.29 is 9.53 Å². The molecule has 128 valence electrons. The fourth-order valence-corrected chi connectivity index (χ4v) is 2.96. The first-order valence-corrected chi connectivity index (χ1v) is 8.43. The van der Waals surface area contributed by atoms with E-state index in [1.54, 1.807) is 6.20 Å². The highest BCUT2D eigenvalue weighted by Crippen LogP contribution is 2.16. The molecule has 3 heterocycles. The largest absolute Gasteiger partial charge is 0.378 e.